The van der Waals surface area contributed by atoms with Crippen molar-refractivity contribution in [1.82, 2.24) is 14.8 Å². The highest BCUT2D eigenvalue weighted by atomic mass is 32.2. The van der Waals surface area contributed by atoms with Gasteiger partial charge in [0.25, 0.3) is 0 Å². The fourth-order valence-corrected chi connectivity index (χ4v) is 4.43. The average molecular weight is 347 g/mol. The molecule has 1 aromatic heterocycles. The number of allylic oxidation sites excluding steroid dienone is 1. The molecule has 0 aliphatic carbocycles. The van der Waals surface area contributed by atoms with Gasteiger partial charge in [0.15, 0.2) is 5.82 Å². The molecule has 0 bridgehead atoms. The van der Waals surface area contributed by atoms with E-state index in [4.69, 9.17) is 4.74 Å². The molecule has 1 aromatic carbocycles. The zero-order chi connectivity index (χ0) is 17.0. The number of benzene rings is 1. The highest BCUT2D eigenvalue weighted by molar-refractivity contribution is 7.91. The first-order valence-corrected chi connectivity index (χ1v) is 9.71. The lowest BCUT2D eigenvalue weighted by atomic mass is 10.1. The van der Waals surface area contributed by atoms with Crippen molar-refractivity contribution in [2.75, 3.05) is 12.4 Å². The van der Waals surface area contributed by atoms with E-state index in [0.29, 0.717) is 19.0 Å². The number of ether oxygens (including phenoxy) is 1. The van der Waals surface area contributed by atoms with Crippen LogP contribution in [-0.4, -0.2) is 41.6 Å². The fraction of sp³-hybridized carbons (Fsp3) is 0.412. The molecule has 0 amide bonds. The van der Waals surface area contributed by atoms with Gasteiger partial charge >= 0.3 is 0 Å². The van der Waals surface area contributed by atoms with Crippen molar-refractivity contribution in [2.45, 2.75) is 37.1 Å². The number of hydrogen-bond donors (Lipinski definition) is 0. The Hall–Kier alpha value is -1.99. The fourth-order valence-electron chi connectivity index (χ4n) is 2.87. The van der Waals surface area contributed by atoms with Crippen molar-refractivity contribution < 1.29 is 13.2 Å². The lowest BCUT2D eigenvalue weighted by molar-refractivity contribution is 0.0304. The summed E-state index contributed by atoms with van der Waals surface area (Å²) >= 11 is 0. The van der Waals surface area contributed by atoms with Crippen molar-refractivity contribution in [3.05, 3.63) is 43.0 Å². The molecule has 128 valence electrons. The van der Waals surface area contributed by atoms with Crippen LogP contribution in [0.2, 0.25) is 0 Å². The number of hydrogen-bond acceptors (Lipinski definition) is 5. The number of rotatable bonds is 6. The minimum atomic E-state index is -3.58. The molecule has 24 heavy (non-hydrogen) atoms. The Kier molecular flexibility index (Phi) is 5.11. The molecule has 0 radical (unpaired) electrons. The molecule has 6 nitrogen and oxygen atoms in total. The van der Waals surface area contributed by atoms with E-state index >= 15 is 0 Å². The summed E-state index contributed by atoms with van der Waals surface area (Å²) in [7, 11) is -3.58. The second-order valence-electron chi connectivity index (χ2n) is 5.84. The summed E-state index contributed by atoms with van der Waals surface area (Å²) in [6, 6.07) is 9.42. The van der Waals surface area contributed by atoms with Gasteiger partial charge in [-0.1, -0.05) is 36.4 Å². The molecule has 1 aliphatic rings. The summed E-state index contributed by atoms with van der Waals surface area (Å²) in [6.45, 7) is 4.66. The Labute approximate surface area is 142 Å². The first kappa shape index (κ1) is 16.9. The molecular formula is C17H21N3O3S. The van der Waals surface area contributed by atoms with Crippen molar-refractivity contribution in [3.8, 4) is 11.4 Å². The molecular weight excluding hydrogens is 326 g/mol. The van der Waals surface area contributed by atoms with Crippen LogP contribution in [0.5, 0.6) is 0 Å². The predicted octanol–water partition coefficient (Wildman–Crippen LogP) is 2.47. The van der Waals surface area contributed by atoms with Crippen LogP contribution in [-0.2, 0) is 21.1 Å². The molecule has 0 unspecified atom stereocenters. The van der Waals surface area contributed by atoms with E-state index in [0.717, 1.165) is 24.8 Å². The molecule has 3 rings (SSSR count). The third kappa shape index (κ3) is 3.57. The lowest BCUT2D eigenvalue weighted by Gasteiger charge is -2.22. The second kappa shape index (κ2) is 7.27. The van der Waals surface area contributed by atoms with Gasteiger partial charge < -0.3 is 4.74 Å². The predicted molar refractivity (Wildman–Crippen MR) is 91.3 cm³/mol. The first-order valence-electron chi connectivity index (χ1n) is 8.05. The van der Waals surface area contributed by atoms with E-state index in [2.05, 4.69) is 16.8 Å². The highest BCUT2D eigenvalue weighted by Crippen LogP contribution is 2.23. The van der Waals surface area contributed by atoms with E-state index in [1.165, 1.54) is 0 Å². The van der Waals surface area contributed by atoms with Crippen LogP contribution in [0.15, 0.2) is 48.1 Å². The quantitative estimate of drug-likeness (QED) is 0.751. The summed E-state index contributed by atoms with van der Waals surface area (Å²) in [6.07, 6.45) is 4.13. The summed E-state index contributed by atoms with van der Waals surface area (Å²) in [5.41, 5.74) is 0.821. The topological polar surface area (TPSA) is 74.1 Å². The Morgan fingerprint density at radius 2 is 2.04 bits per heavy atom. The maximum absolute atomic E-state index is 12.8. The van der Waals surface area contributed by atoms with Crippen LogP contribution in [0.4, 0.5) is 0 Å². The SMILES string of the molecule is C=CCn1c(-c2ccccc2)nnc1S(=O)(=O)C[C@@H]1CCCCO1. The minimum absolute atomic E-state index is 0.0181. The van der Waals surface area contributed by atoms with Crippen molar-refractivity contribution in [1.29, 1.82) is 0 Å². The normalized spacial score (nSPS) is 18.4. The average Bonchev–Trinajstić information content (AvgIpc) is 3.01. The van der Waals surface area contributed by atoms with Crippen LogP contribution in [0.25, 0.3) is 11.4 Å². The third-order valence-corrected chi connectivity index (χ3v) is 5.69. The van der Waals surface area contributed by atoms with Crippen molar-refractivity contribution in [3.63, 3.8) is 0 Å². The maximum Gasteiger partial charge on any atom is 0.250 e. The van der Waals surface area contributed by atoms with Crippen LogP contribution in [0.3, 0.4) is 0 Å². The minimum Gasteiger partial charge on any atom is -0.377 e. The Bertz CT molecular complexity index is 794. The molecule has 2 heterocycles. The van der Waals surface area contributed by atoms with Gasteiger partial charge in [0, 0.05) is 18.7 Å². The van der Waals surface area contributed by atoms with Gasteiger partial charge in [0.1, 0.15) is 0 Å². The van der Waals surface area contributed by atoms with E-state index < -0.39 is 9.84 Å². The largest absolute Gasteiger partial charge is 0.377 e. The lowest BCUT2D eigenvalue weighted by Crippen LogP contribution is -2.29. The van der Waals surface area contributed by atoms with Gasteiger partial charge in [0.2, 0.25) is 15.0 Å². The Morgan fingerprint density at radius 1 is 1.25 bits per heavy atom. The van der Waals surface area contributed by atoms with Gasteiger partial charge in [-0.15, -0.1) is 16.8 Å². The standard InChI is InChI=1S/C17H21N3O3S/c1-2-11-20-16(14-8-4-3-5-9-14)18-19-17(20)24(21,22)13-15-10-6-7-12-23-15/h2-5,8-9,15H,1,6-7,10-13H2/t15-/m0/s1. The van der Waals surface area contributed by atoms with Gasteiger partial charge in [-0.05, 0) is 19.3 Å². The molecule has 7 heteroatoms. The van der Waals surface area contributed by atoms with Gasteiger partial charge in [-0.25, -0.2) is 8.42 Å². The van der Waals surface area contributed by atoms with Crippen LogP contribution in [0, 0.1) is 0 Å². The van der Waals surface area contributed by atoms with Crippen LogP contribution >= 0.6 is 0 Å². The van der Waals surface area contributed by atoms with E-state index in [-0.39, 0.29) is 17.0 Å². The molecule has 0 N–H and O–H groups in total. The molecule has 1 saturated heterocycles. The smallest absolute Gasteiger partial charge is 0.250 e. The first-order chi connectivity index (χ1) is 11.6. The monoisotopic (exact) mass is 347 g/mol. The number of sulfone groups is 1. The van der Waals surface area contributed by atoms with E-state index in [9.17, 15) is 8.42 Å². The summed E-state index contributed by atoms with van der Waals surface area (Å²) in [5, 5.41) is 8.06. The molecule has 0 spiro atoms. The Balaban J connectivity index is 1.95. The van der Waals surface area contributed by atoms with Crippen LogP contribution in [0.1, 0.15) is 19.3 Å². The van der Waals surface area contributed by atoms with Crippen molar-refractivity contribution in [2.24, 2.45) is 0 Å². The van der Waals surface area contributed by atoms with E-state index in [1.807, 2.05) is 30.3 Å². The number of nitrogens with zero attached hydrogens (tertiary/aromatic N) is 3. The van der Waals surface area contributed by atoms with Crippen LogP contribution < -0.4 is 0 Å². The van der Waals surface area contributed by atoms with Crippen molar-refractivity contribution >= 4 is 9.84 Å². The summed E-state index contributed by atoms with van der Waals surface area (Å²) < 4.78 is 32.8. The molecule has 1 fully saturated rings. The third-order valence-electron chi connectivity index (χ3n) is 4.02. The molecule has 0 saturated carbocycles. The number of aromatic nitrogens is 3. The van der Waals surface area contributed by atoms with E-state index in [1.54, 1.807) is 10.6 Å². The second-order valence-corrected chi connectivity index (χ2v) is 7.77. The maximum atomic E-state index is 12.8. The zero-order valence-electron chi connectivity index (χ0n) is 13.5. The zero-order valence-corrected chi connectivity index (χ0v) is 14.3. The molecule has 1 atom stereocenters. The summed E-state index contributed by atoms with van der Waals surface area (Å²) in [4.78, 5) is 0. The summed E-state index contributed by atoms with van der Waals surface area (Å²) in [5.74, 6) is 0.468. The molecule has 2 aromatic rings. The Morgan fingerprint density at radius 3 is 2.71 bits per heavy atom. The highest BCUT2D eigenvalue weighted by Gasteiger charge is 2.29. The molecule has 1 aliphatic heterocycles. The van der Waals surface area contributed by atoms with Gasteiger partial charge in [0.05, 0.1) is 11.9 Å². The van der Waals surface area contributed by atoms with Gasteiger partial charge in [-0.3, -0.25) is 4.57 Å². The van der Waals surface area contributed by atoms with Gasteiger partial charge in [-0.2, -0.15) is 0 Å².